The van der Waals surface area contributed by atoms with Gasteiger partial charge in [0.1, 0.15) is 0 Å². The van der Waals surface area contributed by atoms with Crippen LogP contribution in [0.5, 0.6) is 0 Å². The summed E-state index contributed by atoms with van der Waals surface area (Å²) in [6.07, 6.45) is 1.49. The number of carboxylic acids is 1. The minimum absolute atomic E-state index is 0.00296. The zero-order valence-electron chi connectivity index (χ0n) is 11.5. The molecular weight excluding hydrogens is 300 g/mol. The Balaban J connectivity index is 2.86. The first-order valence-electron chi connectivity index (χ1n) is 6.42. The third-order valence-corrected chi connectivity index (χ3v) is 3.30. The van der Waals surface area contributed by atoms with Crippen LogP contribution in [0.2, 0.25) is 5.02 Å². The summed E-state index contributed by atoms with van der Waals surface area (Å²) in [5.41, 5.74) is -0.423. The topological polar surface area (TPSA) is 113 Å². The SMILES string of the molecule is CC(CO)CCCNc1c(Cl)cc([N+](=O)[O-])cc1C(=O)O. The number of halogens is 1. The van der Waals surface area contributed by atoms with E-state index in [0.717, 1.165) is 18.6 Å². The molecule has 1 atom stereocenters. The van der Waals surface area contributed by atoms with Crippen LogP contribution in [0.1, 0.15) is 30.1 Å². The number of nitro groups is 1. The van der Waals surface area contributed by atoms with Crippen molar-refractivity contribution in [2.24, 2.45) is 5.92 Å². The number of carboxylic acid groups (broad SMARTS) is 1. The molecule has 0 saturated carbocycles. The third kappa shape index (κ3) is 4.87. The fraction of sp³-hybridized carbons (Fsp3) is 0.462. The van der Waals surface area contributed by atoms with Gasteiger partial charge in [0.2, 0.25) is 0 Å². The molecule has 0 aromatic heterocycles. The third-order valence-electron chi connectivity index (χ3n) is 3.00. The summed E-state index contributed by atoms with van der Waals surface area (Å²) < 4.78 is 0. The molecule has 0 saturated heterocycles. The van der Waals surface area contributed by atoms with Crippen molar-refractivity contribution >= 4 is 28.9 Å². The van der Waals surface area contributed by atoms with Crippen molar-refractivity contribution in [2.75, 3.05) is 18.5 Å². The van der Waals surface area contributed by atoms with Crippen LogP contribution in [0, 0.1) is 16.0 Å². The Labute approximate surface area is 126 Å². The summed E-state index contributed by atoms with van der Waals surface area (Å²) in [5, 5.41) is 31.6. The van der Waals surface area contributed by atoms with Crippen LogP contribution < -0.4 is 5.32 Å². The van der Waals surface area contributed by atoms with E-state index in [9.17, 15) is 14.9 Å². The number of non-ortho nitro benzene ring substituents is 1. The Kier molecular flexibility index (Phi) is 6.39. The van der Waals surface area contributed by atoms with E-state index in [1.165, 1.54) is 0 Å². The Hall–Kier alpha value is -1.86. The molecule has 0 fully saturated rings. The van der Waals surface area contributed by atoms with Crippen molar-refractivity contribution in [3.05, 3.63) is 32.8 Å². The molecule has 8 heteroatoms. The van der Waals surface area contributed by atoms with E-state index in [4.69, 9.17) is 21.8 Å². The van der Waals surface area contributed by atoms with E-state index in [1.807, 2.05) is 6.92 Å². The average Bonchev–Trinajstić information content (AvgIpc) is 2.43. The minimum Gasteiger partial charge on any atom is -0.478 e. The van der Waals surface area contributed by atoms with Crippen LogP contribution in [-0.2, 0) is 0 Å². The molecule has 0 spiro atoms. The summed E-state index contributed by atoms with van der Waals surface area (Å²) in [7, 11) is 0. The summed E-state index contributed by atoms with van der Waals surface area (Å²) in [6, 6.07) is 2.10. The monoisotopic (exact) mass is 316 g/mol. The Morgan fingerprint density at radius 1 is 1.52 bits per heavy atom. The van der Waals surface area contributed by atoms with Gasteiger partial charge in [0.05, 0.1) is 21.2 Å². The largest absolute Gasteiger partial charge is 0.478 e. The molecule has 116 valence electrons. The minimum atomic E-state index is -1.29. The number of nitro benzene ring substituents is 1. The predicted molar refractivity (Wildman–Crippen MR) is 79.0 cm³/mol. The second-order valence-electron chi connectivity index (χ2n) is 4.77. The molecule has 7 nitrogen and oxygen atoms in total. The van der Waals surface area contributed by atoms with Crippen molar-refractivity contribution < 1.29 is 19.9 Å². The molecule has 0 amide bonds. The lowest BCUT2D eigenvalue weighted by Crippen LogP contribution is -2.11. The van der Waals surface area contributed by atoms with E-state index in [-0.39, 0.29) is 34.5 Å². The zero-order chi connectivity index (χ0) is 16.0. The Bertz CT molecular complexity index is 536. The highest BCUT2D eigenvalue weighted by atomic mass is 35.5. The molecule has 0 radical (unpaired) electrons. The summed E-state index contributed by atoms with van der Waals surface area (Å²) in [6.45, 7) is 2.46. The molecule has 1 rings (SSSR count). The standard InChI is InChI=1S/C13H17ClN2O5/c1-8(7-17)3-2-4-15-12-10(13(18)19)5-9(16(20)21)6-11(12)14/h5-6,8,15,17H,2-4,7H2,1H3,(H,18,19). The van der Waals surface area contributed by atoms with Gasteiger partial charge in [-0.25, -0.2) is 4.79 Å². The quantitative estimate of drug-likeness (QED) is 0.386. The number of anilines is 1. The smallest absolute Gasteiger partial charge is 0.338 e. The van der Waals surface area contributed by atoms with Crippen LogP contribution in [-0.4, -0.2) is 34.3 Å². The van der Waals surface area contributed by atoms with Crippen LogP contribution in [0.15, 0.2) is 12.1 Å². The molecule has 1 aromatic carbocycles. The number of hydrogen-bond acceptors (Lipinski definition) is 5. The predicted octanol–water partition coefficient (Wildman–Crippen LogP) is 2.77. The molecule has 0 aliphatic carbocycles. The molecule has 3 N–H and O–H groups in total. The molecular formula is C13H17ClN2O5. The van der Waals surface area contributed by atoms with Gasteiger partial charge in [0, 0.05) is 25.3 Å². The maximum Gasteiger partial charge on any atom is 0.338 e. The van der Waals surface area contributed by atoms with Crippen molar-refractivity contribution in [1.82, 2.24) is 0 Å². The van der Waals surface area contributed by atoms with Gasteiger partial charge in [0.25, 0.3) is 5.69 Å². The highest BCUT2D eigenvalue weighted by Crippen LogP contribution is 2.31. The first kappa shape index (κ1) is 17.2. The van der Waals surface area contributed by atoms with Crippen LogP contribution >= 0.6 is 11.6 Å². The van der Waals surface area contributed by atoms with Crippen molar-refractivity contribution in [3.8, 4) is 0 Å². The molecule has 21 heavy (non-hydrogen) atoms. The average molecular weight is 317 g/mol. The lowest BCUT2D eigenvalue weighted by Gasteiger charge is -2.12. The van der Waals surface area contributed by atoms with E-state index in [2.05, 4.69) is 5.32 Å². The second kappa shape index (κ2) is 7.80. The molecule has 0 aliphatic heterocycles. The van der Waals surface area contributed by atoms with Crippen molar-refractivity contribution in [3.63, 3.8) is 0 Å². The number of benzene rings is 1. The molecule has 0 heterocycles. The zero-order valence-corrected chi connectivity index (χ0v) is 12.3. The Morgan fingerprint density at radius 3 is 2.71 bits per heavy atom. The molecule has 0 bridgehead atoms. The summed E-state index contributed by atoms with van der Waals surface area (Å²) in [4.78, 5) is 21.2. The highest BCUT2D eigenvalue weighted by Gasteiger charge is 2.19. The van der Waals surface area contributed by atoms with Gasteiger partial charge < -0.3 is 15.5 Å². The van der Waals surface area contributed by atoms with E-state index >= 15 is 0 Å². The van der Waals surface area contributed by atoms with Gasteiger partial charge in [0.15, 0.2) is 0 Å². The van der Waals surface area contributed by atoms with E-state index in [0.29, 0.717) is 13.0 Å². The normalized spacial score (nSPS) is 12.0. The number of hydrogen-bond donors (Lipinski definition) is 3. The maximum atomic E-state index is 11.2. The van der Waals surface area contributed by atoms with Gasteiger partial charge in [-0.1, -0.05) is 18.5 Å². The highest BCUT2D eigenvalue weighted by molar-refractivity contribution is 6.34. The molecule has 1 aromatic rings. The van der Waals surface area contributed by atoms with Crippen molar-refractivity contribution in [2.45, 2.75) is 19.8 Å². The summed E-state index contributed by atoms with van der Waals surface area (Å²) in [5.74, 6) is -1.12. The van der Waals surface area contributed by atoms with Gasteiger partial charge in [-0.2, -0.15) is 0 Å². The number of carbonyl (C=O) groups is 1. The molecule has 1 unspecified atom stereocenters. The second-order valence-corrected chi connectivity index (χ2v) is 5.18. The first-order valence-corrected chi connectivity index (χ1v) is 6.80. The van der Waals surface area contributed by atoms with Crippen LogP contribution in [0.3, 0.4) is 0 Å². The number of aromatic carboxylic acids is 1. The first-order chi connectivity index (χ1) is 9.86. The van der Waals surface area contributed by atoms with Gasteiger partial charge in [-0.05, 0) is 18.8 Å². The van der Waals surface area contributed by atoms with Crippen LogP contribution in [0.25, 0.3) is 0 Å². The van der Waals surface area contributed by atoms with E-state index < -0.39 is 10.9 Å². The van der Waals surface area contributed by atoms with Gasteiger partial charge in [-0.3, -0.25) is 10.1 Å². The van der Waals surface area contributed by atoms with Crippen molar-refractivity contribution in [1.29, 1.82) is 0 Å². The Morgan fingerprint density at radius 2 is 2.19 bits per heavy atom. The number of rotatable bonds is 8. The number of nitrogens with zero attached hydrogens (tertiary/aromatic N) is 1. The number of nitrogens with one attached hydrogen (secondary N) is 1. The summed E-state index contributed by atoms with van der Waals surface area (Å²) >= 11 is 5.92. The van der Waals surface area contributed by atoms with Crippen LogP contribution in [0.4, 0.5) is 11.4 Å². The lowest BCUT2D eigenvalue weighted by molar-refractivity contribution is -0.384. The maximum absolute atomic E-state index is 11.2. The fourth-order valence-electron chi connectivity index (χ4n) is 1.80. The van der Waals surface area contributed by atoms with Gasteiger partial charge >= 0.3 is 5.97 Å². The van der Waals surface area contributed by atoms with E-state index in [1.54, 1.807) is 0 Å². The number of aliphatic hydroxyl groups excluding tert-OH is 1. The fourth-order valence-corrected chi connectivity index (χ4v) is 2.08. The lowest BCUT2D eigenvalue weighted by atomic mass is 10.1. The molecule has 0 aliphatic rings. The number of aliphatic hydroxyl groups is 1. The van der Waals surface area contributed by atoms with Gasteiger partial charge in [-0.15, -0.1) is 0 Å².